The summed E-state index contributed by atoms with van der Waals surface area (Å²) in [6.07, 6.45) is 0. The zero-order valence-electron chi connectivity index (χ0n) is 11.4. The van der Waals surface area contributed by atoms with Crippen molar-refractivity contribution in [3.05, 3.63) is 45.3 Å². The number of nitrogens with zero attached hydrogens (tertiary/aromatic N) is 2. The number of nitro benzene ring substituents is 1. The van der Waals surface area contributed by atoms with Gasteiger partial charge in [0, 0.05) is 12.1 Å². The molecule has 0 spiro atoms. The minimum atomic E-state index is -0.578. The third kappa shape index (κ3) is 2.82. The van der Waals surface area contributed by atoms with Crippen molar-refractivity contribution >= 4 is 23.0 Å². The van der Waals surface area contributed by atoms with Crippen LogP contribution in [0.1, 0.15) is 21.7 Å². The van der Waals surface area contributed by atoms with E-state index in [-0.39, 0.29) is 16.9 Å². The Bertz CT molecular complexity index is 690. The van der Waals surface area contributed by atoms with Crippen LogP contribution < -0.4 is 16.6 Å². The van der Waals surface area contributed by atoms with Gasteiger partial charge in [-0.05, 0) is 19.9 Å². The van der Waals surface area contributed by atoms with E-state index in [0.29, 0.717) is 17.1 Å². The Hall–Kier alpha value is -2.94. The molecule has 110 valence electrons. The van der Waals surface area contributed by atoms with Gasteiger partial charge in [0.25, 0.3) is 11.6 Å². The van der Waals surface area contributed by atoms with Gasteiger partial charge >= 0.3 is 0 Å². The van der Waals surface area contributed by atoms with E-state index >= 15 is 0 Å². The SMILES string of the molecule is Cc1n[nH]c(C)c1NC(=O)c1cc([N+](=O)[O-])ccc1NN. The summed E-state index contributed by atoms with van der Waals surface area (Å²) in [5.41, 5.74) is 4.36. The largest absolute Gasteiger partial charge is 0.323 e. The van der Waals surface area contributed by atoms with Crippen molar-refractivity contribution in [2.75, 3.05) is 10.7 Å². The smallest absolute Gasteiger partial charge is 0.270 e. The molecule has 0 saturated carbocycles. The van der Waals surface area contributed by atoms with Crippen LogP contribution in [0.15, 0.2) is 18.2 Å². The fourth-order valence-corrected chi connectivity index (χ4v) is 1.88. The quantitative estimate of drug-likeness (QED) is 0.382. The van der Waals surface area contributed by atoms with Crippen LogP contribution >= 0.6 is 0 Å². The fourth-order valence-electron chi connectivity index (χ4n) is 1.88. The molecule has 9 nitrogen and oxygen atoms in total. The van der Waals surface area contributed by atoms with Gasteiger partial charge in [0.05, 0.1) is 33.2 Å². The number of amides is 1. The van der Waals surface area contributed by atoms with Crippen molar-refractivity contribution in [1.82, 2.24) is 10.2 Å². The third-order valence-corrected chi connectivity index (χ3v) is 2.98. The maximum absolute atomic E-state index is 12.3. The minimum Gasteiger partial charge on any atom is -0.323 e. The molecule has 2 rings (SSSR count). The van der Waals surface area contributed by atoms with Gasteiger partial charge in [-0.3, -0.25) is 25.9 Å². The van der Waals surface area contributed by atoms with Gasteiger partial charge in [-0.25, -0.2) is 0 Å². The second-order valence-corrected chi connectivity index (χ2v) is 4.39. The van der Waals surface area contributed by atoms with Crippen LogP contribution in [0, 0.1) is 24.0 Å². The maximum atomic E-state index is 12.3. The number of nitrogens with two attached hydrogens (primary N) is 1. The second-order valence-electron chi connectivity index (χ2n) is 4.39. The molecule has 1 aromatic heterocycles. The van der Waals surface area contributed by atoms with E-state index in [9.17, 15) is 14.9 Å². The summed E-state index contributed by atoms with van der Waals surface area (Å²) < 4.78 is 0. The summed E-state index contributed by atoms with van der Waals surface area (Å²) in [5, 5.41) is 20.2. The number of nitrogen functional groups attached to an aromatic ring is 1. The van der Waals surface area contributed by atoms with Crippen molar-refractivity contribution in [1.29, 1.82) is 0 Å². The predicted molar refractivity (Wildman–Crippen MR) is 76.9 cm³/mol. The van der Waals surface area contributed by atoms with Gasteiger partial charge in [0.15, 0.2) is 0 Å². The third-order valence-electron chi connectivity index (χ3n) is 2.98. The molecule has 0 saturated heterocycles. The summed E-state index contributed by atoms with van der Waals surface area (Å²) in [6, 6.07) is 3.80. The van der Waals surface area contributed by atoms with Gasteiger partial charge in [-0.1, -0.05) is 0 Å². The Kier molecular flexibility index (Phi) is 3.85. The van der Waals surface area contributed by atoms with Gasteiger partial charge in [0.2, 0.25) is 0 Å². The van der Waals surface area contributed by atoms with Crippen molar-refractivity contribution < 1.29 is 9.72 Å². The summed E-state index contributed by atoms with van der Waals surface area (Å²) >= 11 is 0. The maximum Gasteiger partial charge on any atom is 0.270 e. The van der Waals surface area contributed by atoms with E-state index < -0.39 is 10.8 Å². The zero-order chi connectivity index (χ0) is 15.6. The molecule has 0 aliphatic heterocycles. The molecule has 9 heteroatoms. The number of benzene rings is 1. The fraction of sp³-hybridized carbons (Fsp3) is 0.167. The Morgan fingerprint density at radius 3 is 2.67 bits per heavy atom. The van der Waals surface area contributed by atoms with Crippen LogP contribution in [0.2, 0.25) is 0 Å². The van der Waals surface area contributed by atoms with Crippen molar-refractivity contribution in [3.63, 3.8) is 0 Å². The number of H-pyrrole nitrogens is 1. The number of non-ortho nitro benzene ring substituents is 1. The standard InChI is InChI=1S/C12H14N6O3/c1-6-11(7(2)17-16-6)14-12(19)9-5-8(18(20)21)3-4-10(9)15-13/h3-5,15H,13H2,1-2H3,(H,14,19)(H,16,17). The molecule has 1 heterocycles. The molecule has 0 aliphatic rings. The molecule has 1 amide bonds. The van der Waals surface area contributed by atoms with Crippen LogP contribution in [-0.2, 0) is 0 Å². The number of nitro groups is 1. The molecule has 0 bridgehead atoms. The first-order chi connectivity index (χ1) is 9.93. The number of aryl methyl sites for hydroxylation is 2. The first-order valence-electron chi connectivity index (χ1n) is 6.02. The minimum absolute atomic E-state index is 0.0756. The Labute approximate surface area is 119 Å². The monoisotopic (exact) mass is 290 g/mol. The first kappa shape index (κ1) is 14.5. The normalized spacial score (nSPS) is 10.2. The lowest BCUT2D eigenvalue weighted by molar-refractivity contribution is -0.384. The number of aromatic amines is 1. The molecular formula is C12H14N6O3. The number of hydrogen-bond acceptors (Lipinski definition) is 6. The van der Waals surface area contributed by atoms with E-state index in [1.807, 2.05) is 0 Å². The number of aromatic nitrogens is 2. The van der Waals surface area contributed by atoms with E-state index in [1.54, 1.807) is 13.8 Å². The average Bonchev–Trinajstić information content (AvgIpc) is 2.78. The molecule has 0 fully saturated rings. The molecule has 0 atom stereocenters. The number of anilines is 2. The van der Waals surface area contributed by atoms with Crippen LogP contribution in [0.25, 0.3) is 0 Å². The van der Waals surface area contributed by atoms with E-state index in [2.05, 4.69) is 20.9 Å². The molecule has 21 heavy (non-hydrogen) atoms. The molecule has 0 aliphatic carbocycles. The second kappa shape index (κ2) is 5.59. The van der Waals surface area contributed by atoms with Gasteiger partial charge in [-0.15, -0.1) is 0 Å². The Morgan fingerprint density at radius 2 is 2.14 bits per heavy atom. The summed E-state index contributed by atoms with van der Waals surface area (Å²) in [4.78, 5) is 22.5. The highest BCUT2D eigenvalue weighted by molar-refractivity contribution is 6.08. The summed E-state index contributed by atoms with van der Waals surface area (Å²) in [7, 11) is 0. The van der Waals surface area contributed by atoms with Crippen LogP contribution in [0.5, 0.6) is 0 Å². The number of carbonyl (C=O) groups excluding carboxylic acids is 1. The van der Waals surface area contributed by atoms with Gasteiger partial charge in [0.1, 0.15) is 0 Å². The van der Waals surface area contributed by atoms with Crippen LogP contribution in [0.3, 0.4) is 0 Å². The molecule has 1 aromatic carbocycles. The summed E-state index contributed by atoms with van der Waals surface area (Å²) in [6.45, 7) is 3.49. The number of hydrazine groups is 1. The van der Waals surface area contributed by atoms with Crippen molar-refractivity contribution in [2.45, 2.75) is 13.8 Å². The Balaban J connectivity index is 2.38. The van der Waals surface area contributed by atoms with E-state index in [0.717, 1.165) is 6.07 Å². The lowest BCUT2D eigenvalue weighted by Crippen LogP contribution is -2.18. The highest BCUT2D eigenvalue weighted by Crippen LogP contribution is 2.24. The molecule has 0 unspecified atom stereocenters. The molecule has 0 radical (unpaired) electrons. The van der Waals surface area contributed by atoms with E-state index in [1.165, 1.54) is 12.1 Å². The van der Waals surface area contributed by atoms with Crippen molar-refractivity contribution in [3.8, 4) is 0 Å². The van der Waals surface area contributed by atoms with E-state index in [4.69, 9.17) is 5.84 Å². The lowest BCUT2D eigenvalue weighted by Gasteiger charge is -2.09. The number of nitrogens with one attached hydrogen (secondary N) is 3. The zero-order valence-corrected chi connectivity index (χ0v) is 11.4. The first-order valence-corrected chi connectivity index (χ1v) is 6.02. The van der Waals surface area contributed by atoms with Crippen LogP contribution in [-0.4, -0.2) is 21.0 Å². The number of hydrogen-bond donors (Lipinski definition) is 4. The Morgan fingerprint density at radius 1 is 1.43 bits per heavy atom. The molecule has 5 N–H and O–H groups in total. The molecular weight excluding hydrogens is 276 g/mol. The lowest BCUT2D eigenvalue weighted by atomic mass is 10.1. The van der Waals surface area contributed by atoms with Gasteiger partial charge < -0.3 is 10.7 Å². The highest BCUT2D eigenvalue weighted by atomic mass is 16.6. The number of rotatable bonds is 4. The molecule has 2 aromatic rings. The average molecular weight is 290 g/mol. The number of carbonyl (C=O) groups is 1. The topological polar surface area (TPSA) is 139 Å². The highest BCUT2D eigenvalue weighted by Gasteiger charge is 2.18. The van der Waals surface area contributed by atoms with Crippen LogP contribution in [0.4, 0.5) is 17.1 Å². The van der Waals surface area contributed by atoms with Gasteiger partial charge in [-0.2, -0.15) is 5.10 Å². The van der Waals surface area contributed by atoms with Crippen molar-refractivity contribution in [2.24, 2.45) is 5.84 Å². The summed E-state index contributed by atoms with van der Waals surface area (Å²) in [5.74, 6) is 4.81. The predicted octanol–water partition coefficient (Wildman–Crippen LogP) is 1.47.